The smallest absolute Gasteiger partial charge is 0.337 e. The fraction of sp³-hybridized carbons (Fsp3) is 0.500. The summed E-state index contributed by atoms with van der Waals surface area (Å²) in [6.07, 6.45) is 4.77. The van der Waals surface area contributed by atoms with Gasteiger partial charge < -0.3 is 20.5 Å². The summed E-state index contributed by atoms with van der Waals surface area (Å²) in [5.74, 6) is -3.46. The summed E-state index contributed by atoms with van der Waals surface area (Å²) in [7, 11) is -10.5. The van der Waals surface area contributed by atoms with Gasteiger partial charge in [0.15, 0.2) is 21.3 Å². The topological polar surface area (TPSA) is 209 Å². The zero-order chi connectivity index (χ0) is 45.3. The number of carboxylic acids is 1. The van der Waals surface area contributed by atoms with E-state index >= 15 is 0 Å². The van der Waals surface area contributed by atoms with Crippen LogP contribution in [0.15, 0.2) is 31.8 Å². The summed E-state index contributed by atoms with van der Waals surface area (Å²) >= 11 is 21.8. The molecule has 0 aromatic heterocycles. The first-order valence-electron chi connectivity index (χ1n) is 19.9. The van der Waals surface area contributed by atoms with Gasteiger partial charge in [-0.15, -0.1) is 11.8 Å². The molecule has 332 valence electrons. The van der Waals surface area contributed by atoms with E-state index in [4.69, 9.17) is 44.5 Å². The predicted octanol–water partition coefficient (Wildman–Crippen LogP) is 9.22. The lowest BCUT2D eigenvalue weighted by atomic mass is 9.79. The Balaban J connectivity index is 1.72. The van der Waals surface area contributed by atoms with Gasteiger partial charge >= 0.3 is 5.97 Å². The molecule has 3 aromatic carbocycles. The third-order valence-corrected chi connectivity index (χ3v) is 15.6. The molecule has 0 saturated carbocycles. The van der Waals surface area contributed by atoms with Crippen molar-refractivity contribution >= 4 is 89.9 Å². The number of aromatic carboxylic acids is 1. The molecule has 3 aromatic rings. The fourth-order valence-electron chi connectivity index (χ4n) is 8.84. The quantitative estimate of drug-likeness (QED) is 0.0368. The van der Waals surface area contributed by atoms with E-state index in [0.29, 0.717) is 36.4 Å². The average Bonchev–Trinajstić information content (AvgIpc) is 3.10. The molecule has 2 atom stereocenters. The lowest BCUT2D eigenvalue weighted by Crippen LogP contribution is -2.39. The largest absolute Gasteiger partial charge is 0.478 e. The molecule has 3 aliphatic heterocycles. The minimum Gasteiger partial charge on any atom is -0.478 e. The highest BCUT2D eigenvalue weighted by molar-refractivity contribution is 8.00. The standard InChI is InChI=1S/C42H50Cl3N3O10S3/c1-19(2)12-10-9-11-13-46-26(49)18-59-37-31(44)28(29(40(50)51)30(43)32(37)45)27-24-14-22-20(3)16-41(5,6)47-33(22)38(60(52,53)54)35(24)58-36-25(27)15-23-21(4)17-42(7,8)48-34(23)39(36)61(55,56)57/h14-15,19-21,47H,9-13,16-18H2,1-8H3,(H,46,49)(H,50,51)(H,52,53,54)(H,55,56,57). The number of thioether (sulfide) groups is 1. The number of carbonyl (C=O) groups is 2. The number of amides is 1. The van der Waals surface area contributed by atoms with Gasteiger partial charge in [0.1, 0.15) is 0 Å². The predicted molar refractivity (Wildman–Crippen MR) is 238 cm³/mol. The summed E-state index contributed by atoms with van der Waals surface area (Å²) in [5, 5.41) is 15.7. The number of hydrogen-bond acceptors (Lipinski definition) is 10. The minimum absolute atomic E-state index is 0.0144. The van der Waals surface area contributed by atoms with Crippen molar-refractivity contribution in [3.63, 3.8) is 0 Å². The number of rotatable bonds is 13. The molecule has 19 heteroatoms. The fourth-order valence-corrected chi connectivity index (χ4v) is 12.5. The van der Waals surface area contributed by atoms with Gasteiger partial charge in [0.2, 0.25) is 5.91 Å². The number of carboxylic acid groups (broad SMARTS) is 1. The first-order valence-corrected chi connectivity index (χ1v) is 24.9. The lowest BCUT2D eigenvalue weighted by Gasteiger charge is -2.40. The molecule has 0 aliphatic carbocycles. The molecule has 0 saturated heterocycles. The van der Waals surface area contributed by atoms with Crippen LogP contribution in [0.1, 0.15) is 138 Å². The second-order valence-corrected chi connectivity index (χ2v) is 22.7. The number of anilines is 1. The van der Waals surface area contributed by atoms with E-state index in [1.165, 1.54) is 0 Å². The summed E-state index contributed by atoms with van der Waals surface area (Å²) < 4.78 is 82.9. The average molecular weight is 959 g/mol. The van der Waals surface area contributed by atoms with Gasteiger partial charge in [-0.1, -0.05) is 81.8 Å². The Morgan fingerprint density at radius 1 is 0.918 bits per heavy atom. The van der Waals surface area contributed by atoms with E-state index in [1.807, 2.05) is 27.7 Å². The van der Waals surface area contributed by atoms with Crippen molar-refractivity contribution in [2.45, 2.75) is 132 Å². The molecular formula is C42H50Cl3N3O10S3. The van der Waals surface area contributed by atoms with Crippen LogP contribution in [0, 0.1) is 5.92 Å². The molecule has 3 aliphatic rings. The van der Waals surface area contributed by atoms with Crippen LogP contribution in [0.2, 0.25) is 15.1 Å². The van der Waals surface area contributed by atoms with Gasteiger partial charge in [-0.05, 0) is 88.0 Å². The van der Waals surface area contributed by atoms with Crippen LogP contribution in [-0.4, -0.2) is 66.3 Å². The molecule has 0 bridgehead atoms. The van der Waals surface area contributed by atoms with Crippen molar-refractivity contribution < 1.29 is 45.4 Å². The van der Waals surface area contributed by atoms with Crippen molar-refractivity contribution in [2.24, 2.45) is 10.9 Å². The van der Waals surface area contributed by atoms with Crippen LogP contribution in [0.4, 0.5) is 5.69 Å². The Bertz CT molecular complexity index is 2720. The van der Waals surface area contributed by atoms with Crippen LogP contribution in [-0.2, 0) is 25.0 Å². The normalized spacial score (nSPS) is 18.8. The number of ether oxygens (including phenoxy) is 1. The van der Waals surface area contributed by atoms with Gasteiger partial charge in [0.05, 0.1) is 43.0 Å². The lowest BCUT2D eigenvalue weighted by molar-refractivity contribution is -0.118. The Kier molecular flexibility index (Phi) is 13.3. The summed E-state index contributed by atoms with van der Waals surface area (Å²) in [6.45, 7) is 15.7. The van der Waals surface area contributed by atoms with Gasteiger partial charge in [-0.2, -0.15) is 16.8 Å². The number of nitrogens with zero attached hydrogens (tertiary/aromatic N) is 1. The van der Waals surface area contributed by atoms with E-state index in [-0.39, 0.29) is 71.4 Å². The van der Waals surface area contributed by atoms with Crippen LogP contribution in [0.3, 0.4) is 0 Å². The molecule has 61 heavy (non-hydrogen) atoms. The molecule has 0 spiro atoms. The summed E-state index contributed by atoms with van der Waals surface area (Å²) in [4.78, 5) is 29.6. The highest BCUT2D eigenvalue weighted by Crippen LogP contribution is 2.54. The molecule has 1 amide bonds. The maximum absolute atomic E-state index is 13.6. The Hall–Kier alpha value is -3.09. The second-order valence-electron chi connectivity index (χ2n) is 17.8. The van der Waals surface area contributed by atoms with Crippen LogP contribution < -0.4 is 25.9 Å². The monoisotopic (exact) mass is 957 g/mol. The molecule has 2 unspecified atom stereocenters. The van der Waals surface area contributed by atoms with Gasteiger partial charge in [0.25, 0.3) is 20.2 Å². The number of fused-ring (bicyclic) bond motifs is 4. The molecular weight excluding hydrogens is 909 g/mol. The SMILES string of the molecule is CC(C)CCCCCNC(=O)CSc1c(Cl)c(Cl)c(C(=O)O)c(C2=c3cc4c(c(S(=O)(=O)O)c3Oc3c2cc2c(c3S(=O)(=O)O)NC(C)(C)CC2C)=NC(C)(C)CC4C)c1Cl. The number of nitrogens with one attached hydrogen (secondary N) is 2. The Morgan fingerprint density at radius 3 is 2.16 bits per heavy atom. The highest BCUT2D eigenvalue weighted by Gasteiger charge is 2.43. The molecule has 0 fully saturated rings. The molecule has 13 nitrogen and oxygen atoms in total. The number of hydrogen-bond donors (Lipinski definition) is 5. The zero-order valence-electron chi connectivity index (χ0n) is 35.0. The maximum Gasteiger partial charge on any atom is 0.337 e. The van der Waals surface area contributed by atoms with E-state index in [2.05, 4.69) is 24.5 Å². The van der Waals surface area contributed by atoms with Crippen molar-refractivity contribution in [1.29, 1.82) is 0 Å². The van der Waals surface area contributed by atoms with Crippen LogP contribution in [0.5, 0.6) is 11.5 Å². The van der Waals surface area contributed by atoms with Crippen molar-refractivity contribution in [1.82, 2.24) is 5.32 Å². The third-order valence-electron chi connectivity index (χ3n) is 11.2. The maximum atomic E-state index is 13.6. The Labute approximate surface area is 375 Å². The minimum atomic E-state index is -5.26. The van der Waals surface area contributed by atoms with Gasteiger partial charge in [-0.3, -0.25) is 18.9 Å². The first kappa shape index (κ1) is 47.4. The zero-order valence-corrected chi connectivity index (χ0v) is 39.8. The summed E-state index contributed by atoms with van der Waals surface area (Å²) in [6, 6.07) is 3.14. The Morgan fingerprint density at radius 2 is 1.56 bits per heavy atom. The van der Waals surface area contributed by atoms with Crippen molar-refractivity contribution in [3.05, 3.63) is 65.6 Å². The molecule has 5 N–H and O–H groups in total. The van der Waals surface area contributed by atoms with E-state index in [9.17, 15) is 40.6 Å². The van der Waals surface area contributed by atoms with Crippen LogP contribution >= 0.6 is 46.6 Å². The number of halogens is 3. The van der Waals surface area contributed by atoms with E-state index in [0.717, 1.165) is 37.4 Å². The number of benzene rings is 3. The second kappa shape index (κ2) is 17.1. The van der Waals surface area contributed by atoms with Gasteiger partial charge in [0, 0.05) is 38.9 Å². The number of unbranched alkanes of at least 4 members (excludes halogenated alkanes) is 2. The van der Waals surface area contributed by atoms with Crippen LogP contribution in [0.25, 0.3) is 5.57 Å². The highest BCUT2D eigenvalue weighted by atomic mass is 35.5. The molecule has 3 heterocycles. The summed E-state index contributed by atoms with van der Waals surface area (Å²) in [5.41, 5.74) is -1.90. The molecule has 6 rings (SSSR count). The third kappa shape index (κ3) is 9.43. The van der Waals surface area contributed by atoms with E-state index in [1.54, 1.807) is 26.0 Å². The van der Waals surface area contributed by atoms with E-state index < -0.39 is 69.2 Å². The van der Waals surface area contributed by atoms with Gasteiger partial charge in [-0.25, -0.2) is 4.79 Å². The number of carbonyl (C=O) groups excluding carboxylic acids is 1. The molecule has 0 radical (unpaired) electrons. The van der Waals surface area contributed by atoms with Crippen molar-refractivity contribution in [2.75, 3.05) is 17.6 Å². The van der Waals surface area contributed by atoms with Crippen molar-refractivity contribution in [3.8, 4) is 11.5 Å². The first-order chi connectivity index (χ1) is 28.1.